The molecule has 0 fully saturated rings. The van der Waals surface area contributed by atoms with Crippen LogP contribution >= 0.6 is 0 Å². The topological polar surface area (TPSA) is 12.5 Å². The molecular formula is C27H27NO. The summed E-state index contributed by atoms with van der Waals surface area (Å²) in [6.07, 6.45) is 4.37. The summed E-state index contributed by atoms with van der Waals surface area (Å²) >= 11 is 0. The molecule has 4 rings (SSSR count). The second kappa shape index (κ2) is 8.00. The molecule has 3 aromatic carbocycles. The number of aryl methyl sites for hydroxylation is 1. The van der Waals surface area contributed by atoms with E-state index in [9.17, 15) is 0 Å². The van der Waals surface area contributed by atoms with E-state index in [2.05, 4.69) is 92.9 Å². The van der Waals surface area contributed by atoms with E-state index in [4.69, 9.17) is 4.74 Å². The van der Waals surface area contributed by atoms with E-state index in [0.29, 0.717) is 0 Å². The molecule has 1 heterocycles. The Bertz CT molecular complexity index is 1170. The maximum atomic E-state index is 6.31. The van der Waals surface area contributed by atoms with Crippen molar-refractivity contribution in [1.29, 1.82) is 0 Å². The van der Waals surface area contributed by atoms with Crippen LogP contribution in [0.5, 0.6) is 11.5 Å². The number of hydrogen-bond acceptors (Lipinski definition) is 2. The molecule has 1 aliphatic rings. The van der Waals surface area contributed by atoms with Crippen LogP contribution in [0.2, 0.25) is 0 Å². The second-order valence-electron chi connectivity index (χ2n) is 7.44. The largest absolute Gasteiger partial charge is 0.456 e. The van der Waals surface area contributed by atoms with Crippen LogP contribution in [-0.4, -0.2) is 13.1 Å². The maximum absolute atomic E-state index is 6.31. The van der Waals surface area contributed by atoms with Gasteiger partial charge in [0.1, 0.15) is 11.5 Å². The summed E-state index contributed by atoms with van der Waals surface area (Å²) in [6, 6.07) is 21.3. The average molecular weight is 382 g/mol. The summed E-state index contributed by atoms with van der Waals surface area (Å²) < 4.78 is 6.31. The molecule has 0 aliphatic carbocycles. The van der Waals surface area contributed by atoms with Gasteiger partial charge in [-0.25, -0.2) is 0 Å². The van der Waals surface area contributed by atoms with E-state index in [-0.39, 0.29) is 0 Å². The van der Waals surface area contributed by atoms with Gasteiger partial charge in [0.05, 0.1) is 0 Å². The average Bonchev–Trinajstić information content (AvgIpc) is 2.73. The van der Waals surface area contributed by atoms with Crippen LogP contribution in [0, 0.1) is 6.92 Å². The highest BCUT2D eigenvalue weighted by Crippen LogP contribution is 2.36. The highest BCUT2D eigenvalue weighted by Gasteiger charge is 2.18. The third kappa shape index (κ3) is 3.84. The molecule has 0 unspecified atom stereocenters. The van der Waals surface area contributed by atoms with E-state index >= 15 is 0 Å². The van der Waals surface area contributed by atoms with Gasteiger partial charge >= 0.3 is 0 Å². The third-order valence-corrected chi connectivity index (χ3v) is 5.46. The van der Waals surface area contributed by atoms with Gasteiger partial charge in [-0.05, 0) is 55.3 Å². The Morgan fingerprint density at radius 3 is 2.34 bits per heavy atom. The summed E-state index contributed by atoms with van der Waals surface area (Å²) in [5.41, 5.74) is 5.93. The highest BCUT2D eigenvalue weighted by molar-refractivity contribution is 5.85. The lowest BCUT2D eigenvalue weighted by atomic mass is 9.97. The van der Waals surface area contributed by atoms with Crippen molar-refractivity contribution in [1.82, 2.24) is 0 Å². The maximum Gasteiger partial charge on any atom is 0.137 e. The Labute approximate surface area is 173 Å². The minimum absolute atomic E-state index is 0.866. The normalized spacial score (nSPS) is 12.4. The number of nitrogens with zero attached hydrogens (tertiary/aromatic N) is 1. The van der Waals surface area contributed by atoms with Crippen molar-refractivity contribution in [2.45, 2.75) is 20.8 Å². The fraction of sp³-hybridized carbons (Fsp3) is 0.185. The summed E-state index contributed by atoms with van der Waals surface area (Å²) in [5, 5.41) is 2.05. The van der Waals surface area contributed by atoms with Gasteiger partial charge in [0, 0.05) is 35.6 Å². The van der Waals surface area contributed by atoms with Gasteiger partial charge in [-0.15, -0.1) is 0 Å². The van der Waals surface area contributed by atoms with Crippen molar-refractivity contribution in [3.8, 4) is 11.5 Å². The molecular weight excluding hydrogens is 354 g/mol. The van der Waals surface area contributed by atoms with Crippen LogP contribution in [0.15, 0.2) is 66.7 Å². The standard InChI is InChI=1S/C27H27NO/c1-5-28(6-2)22-13-16-25-23(15-12-21-10-7-19(3)8-11-21)24-14-9-20(4)17-26(24)29-27(25)18-22/h7-18H,4-6H2,1-3H3/b15-12+. The predicted octanol–water partition coefficient (Wildman–Crippen LogP) is 5.27. The van der Waals surface area contributed by atoms with Crippen molar-refractivity contribution in [3.05, 3.63) is 93.9 Å². The first kappa shape index (κ1) is 19.1. The first-order valence-corrected chi connectivity index (χ1v) is 10.2. The Kier molecular flexibility index (Phi) is 5.26. The first-order chi connectivity index (χ1) is 14.1. The number of hydrogen-bond donors (Lipinski definition) is 0. The van der Waals surface area contributed by atoms with Crippen LogP contribution in [-0.2, 0) is 0 Å². The van der Waals surface area contributed by atoms with Gasteiger partial charge in [0.15, 0.2) is 0 Å². The number of anilines is 1. The van der Waals surface area contributed by atoms with E-state index in [1.54, 1.807) is 0 Å². The monoisotopic (exact) mass is 381 g/mol. The van der Waals surface area contributed by atoms with Crippen molar-refractivity contribution < 1.29 is 4.74 Å². The molecule has 29 heavy (non-hydrogen) atoms. The lowest BCUT2D eigenvalue weighted by Gasteiger charge is -2.25. The van der Waals surface area contributed by atoms with Crippen LogP contribution in [0.3, 0.4) is 0 Å². The van der Waals surface area contributed by atoms with Crippen molar-refractivity contribution >= 4 is 23.9 Å². The minimum Gasteiger partial charge on any atom is -0.456 e. The van der Waals surface area contributed by atoms with E-state index in [1.165, 1.54) is 22.4 Å². The highest BCUT2D eigenvalue weighted by atomic mass is 16.5. The molecule has 1 aliphatic heterocycles. The SMILES string of the molecule is C=c1ccc2c(c1)Oc1cc(N(CC)CC)ccc1C=2/C=C/c1ccc(C)cc1. The molecule has 0 N–H and O–H groups in total. The smallest absolute Gasteiger partial charge is 0.137 e. The van der Waals surface area contributed by atoms with Crippen LogP contribution in [0.25, 0.3) is 18.2 Å². The quantitative estimate of drug-likeness (QED) is 0.597. The van der Waals surface area contributed by atoms with Gasteiger partial charge in [0.25, 0.3) is 0 Å². The van der Waals surface area contributed by atoms with Crippen molar-refractivity contribution in [3.63, 3.8) is 0 Å². The molecule has 2 heteroatoms. The Hall–Kier alpha value is -3.26. The second-order valence-corrected chi connectivity index (χ2v) is 7.44. The van der Waals surface area contributed by atoms with E-state index in [1.807, 2.05) is 12.1 Å². The van der Waals surface area contributed by atoms with Crippen LogP contribution < -0.4 is 20.1 Å². The van der Waals surface area contributed by atoms with Crippen molar-refractivity contribution in [2.24, 2.45) is 0 Å². The lowest BCUT2D eigenvalue weighted by Crippen LogP contribution is -2.22. The molecule has 0 aromatic heterocycles. The van der Waals surface area contributed by atoms with Gasteiger partial charge in [0.2, 0.25) is 0 Å². The number of rotatable bonds is 5. The number of benzene rings is 3. The summed E-state index contributed by atoms with van der Waals surface area (Å²) in [5.74, 6) is 1.77. The number of fused-ring (bicyclic) bond motifs is 2. The lowest BCUT2D eigenvalue weighted by molar-refractivity contribution is 0.472. The van der Waals surface area contributed by atoms with Gasteiger partial charge < -0.3 is 9.64 Å². The van der Waals surface area contributed by atoms with Gasteiger partial charge in [-0.2, -0.15) is 0 Å². The molecule has 0 saturated carbocycles. The molecule has 0 bridgehead atoms. The van der Waals surface area contributed by atoms with Crippen LogP contribution in [0.4, 0.5) is 5.69 Å². The molecule has 0 amide bonds. The Morgan fingerprint density at radius 1 is 0.862 bits per heavy atom. The predicted molar refractivity (Wildman–Crippen MR) is 124 cm³/mol. The molecule has 0 atom stereocenters. The summed E-state index contributed by atoms with van der Waals surface area (Å²) in [7, 11) is 0. The molecule has 3 aromatic rings. The fourth-order valence-electron chi connectivity index (χ4n) is 3.78. The zero-order chi connectivity index (χ0) is 20.4. The van der Waals surface area contributed by atoms with E-state index < -0.39 is 0 Å². The van der Waals surface area contributed by atoms with E-state index in [0.717, 1.165) is 40.6 Å². The Balaban J connectivity index is 1.85. The summed E-state index contributed by atoms with van der Waals surface area (Å²) in [4.78, 5) is 2.33. The van der Waals surface area contributed by atoms with Crippen molar-refractivity contribution in [2.75, 3.05) is 18.0 Å². The first-order valence-electron chi connectivity index (χ1n) is 10.2. The minimum atomic E-state index is 0.866. The molecule has 0 spiro atoms. The van der Waals surface area contributed by atoms with Crippen LogP contribution in [0.1, 0.15) is 30.5 Å². The number of allylic oxidation sites excluding steroid dienone is 1. The zero-order valence-corrected chi connectivity index (χ0v) is 17.4. The zero-order valence-electron chi connectivity index (χ0n) is 17.4. The molecule has 2 nitrogen and oxygen atoms in total. The van der Waals surface area contributed by atoms with Gasteiger partial charge in [-0.1, -0.05) is 60.7 Å². The Morgan fingerprint density at radius 2 is 1.62 bits per heavy atom. The fourth-order valence-corrected chi connectivity index (χ4v) is 3.78. The number of ether oxygens (including phenoxy) is 1. The molecule has 0 saturated heterocycles. The molecule has 0 radical (unpaired) electrons. The molecule has 146 valence electrons. The summed E-state index contributed by atoms with van der Waals surface area (Å²) in [6.45, 7) is 12.5. The van der Waals surface area contributed by atoms with Gasteiger partial charge in [-0.3, -0.25) is 0 Å². The third-order valence-electron chi connectivity index (χ3n) is 5.46.